The van der Waals surface area contributed by atoms with Crippen LogP contribution in [0.1, 0.15) is 48.3 Å². The number of hydrogen-bond acceptors (Lipinski definition) is 5. The van der Waals surface area contributed by atoms with Crippen molar-refractivity contribution in [2.24, 2.45) is 7.05 Å². The lowest BCUT2D eigenvalue weighted by molar-refractivity contribution is -0.116. The van der Waals surface area contributed by atoms with Gasteiger partial charge in [0.1, 0.15) is 0 Å². The molecule has 0 aliphatic carbocycles. The summed E-state index contributed by atoms with van der Waals surface area (Å²) in [6, 6.07) is 6.98. The molecule has 26 heavy (non-hydrogen) atoms. The minimum Gasteiger partial charge on any atom is -0.331 e. The van der Waals surface area contributed by atoms with E-state index in [4.69, 9.17) is 0 Å². The fraction of sp³-hybridized carbons (Fsp3) is 0.421. The van der Waals surface area contributed by atoms with Crippen molar-refractivity contribution in [3.05, 3.63) is 48.0 Å². The summed E-state index contributed by atoms with van der Waals surface area (Å²) in [6.07, 6.45) is 8.41. The Bertz CT molecular complexity index is 752. The van der Waals surface area contributed by atoms with Gasteiger partial charge in [0, 0.05) is 48.1 Å². The number of nitrogens with zero attached hydrogens (tertiary/aromatic N) is 2. The van der Waals surface area contributed by atoms with Crippen LogP contribution in [0.25, 0.3) is 0 Å². The summed E-state index contributed by atoms with van der Waals surface area (Å²) in [5.41, 5.74) is 1.28. The zero-order valence-corrected chi connectivity index (χ0v) is 16.4. The molecule has 7 heteroatoms. The van der Waals surface area contributed by atoms with E-state index in [0.717, 1.165) is 18.1 Å². The van der Waals surface area contributed by atoms with E-state index >= 15 is 0 Å². The molecule has 1 fully saturated rings. The maximum atomic E-state index is 12.4. The van der Waals surface area contributed by atoms with Crippen molar-refractivity contribution in [1.29, 1.82) is 0 Å². The van der Waals surface area contributed by atoms with Crippen LogP contribution < -0.4 is 5.32 Å². The number of anilines is 1. The van der Waals surface area contributed by atoms with Gasteiger partial charge in [-0.05, 0) is 43.5 Å². The lowest BCUT2D eigenvalue weighted by atomic mass is 10.1. The minimum atomic E-state index is -0.127. The molecular formula is C19H23N3O2S2. The van der Waals surface area contributed by atoms with Crippen molar-refractivity contribution in [1.82, 2.24) is 9.55 Å². The third-order valence-electron chi connectivity index (χ3n) is 4.36. The molecule has 5 nitrogen and oxygen atoms in total. The third kappa shape index (κ3) is 5.14. The van der Waals surface area contributed by atoms with Gasteiger partial charge in [-0.25, -0.2) is 4.98 Å². The third-order valence-corrected chi connectivity index (χ3v) is 7.37. The number of hydrogen-bond donors (Lipinski definition) is 1. The van der Waals surface area contributed by atoms with Crippen molar-refractivity contribution in [2.75, 3.05) is 11.1 Å². The molecule has 1 saturated heterocycles. The van der Waals surface area contributed by atoms with E-state index in [2.05, 4.69) is 10.3 Å². The van der Waals surface area contributed by atoms with Crippen molar-refractivity contribution in [3.63, 3.8) is 0 Å². The molecule has 1 aliphatic rings. The second-order valence-corrected chi connectivity index (χ2v) is 9.18. The van der Waals surface area contributed by atoms with Crippen molar-refractivity contribution in [3.8, 4) is 0 Å². The van der Waals surface area contributed by atoms with Crippen LogP contribution in [0.4, 0.5) is 5.69 Å². The Hall–Kier alpha value is -1.73. The van der Waals surface area contributed by atoms with E-state index in [0.29, 0.717) is 23.5 Å². The summed E-state index contributed by atoms with van der Waals surface area (Å²) in [5.74, 6) is 1.56. The second kappa shape index (κ2) is 9.28. The largest absolute Gasteiger partial charge is 0.331 e. The van der Waals surface area contributed by atoms with Gasteiger partial charge in [-0.3, -0.25) is 9.59 Å². The van der Waals surface area contributed by atoms with E-state index in [1.807, 2.05) is 21.6 Å². The number of nitrogens with one attached hydrogen (secondary N) is 1. The number of benzene rings is 1. The molecule has 1 aliphatic heterocycles. The Kier molecular flexibility index (Phi) is 6.80. The van der Waals surface area contributed by atoms with Crippen LogP contribution in [-0.2, 0) is 11.8 Å². The van der Waals surface area contributed by atoms with Crippen LogP contribution in [0, 0.1) is 0 Å². The maximum absolute atomic E-state index is 12.4. The number of carbonyl (C=O) groups excluding carboxylic acids is 2. The predicted molar refractivity (Wildman–Crippen MR) is 109 cm³/mol. The topological polar surface area (TPSA) is 64.0 Å². The van der Waals surface area contributed by atoms with Crippen molar-refractivity contribution in [2.45, 2.75) is 37.4 Å². The summed E-state index contributed by atoms with van der Waals surface area (Å²) in [6.45, 7) is 0. The van der Waals surface area contributed by atoms with Crippen LogP contribution in [-0.4, -0.2) is 32.2 Å². The van der Waals surface area contributed by atoms with Crippen molar-refractivity contribution >= 4 is 39.0 Å². The first-order chi connectivity index (χ1) is 12.6. The highest BCUT2D eigenvalue weighted by Crippen LogP contribution is 2.39. The Morgan fingerprint density at radius 2 is 2.08 bits per heavy atom. The predicted octanol–water partition coefficient (Wildman–Crippen LogP) is 4.30. The lowest BCUT2D eigenvalue weighted by Gasteiger charge is -2.08. The number of amides is 1. The normalized spacial score (nSPS) is 16.6. The lowest BCUT2D eigenvalue weighted by Crippen LogP contribution is -2.12. The van der Waals surface area contributed by atoms with Gasteiger partial charge in [0.05, 0.1) is 0 Å². The quantitative estimate of drug-likeness (QED) is 0.414. The van der Waals surface area contributed by atoms with Gasteiger partial charge in [-0.15, -0.1) is 0 Å². The Balaban J connectivity index is 1.44. The number of unbranched alkanes of at least 4 members (excludes halogenated alkanes) is 1. The zero-order valence-electron chi connectivity index (χ0n) is 14.8. The summed E-state index contributed by atoms with van der Waals surface area (Å²) >= 11 is 0. The molecule has 0 bridgehead atoms. The molecule has 138 valence electrons. The monoisotopic (exact) mass is 389 g/mol. The molecular weight excluding hydrogens is 366 g/mol. The van der Waals surface area contributed by atoms with Gasteiger partial charge < -0.3 is 9.88 Å². The number of rotatable bonds is 8. The molecule has 0 spiro atoms. The minimum absolute atomic E-state index is 0.0293. The summed E-state index contributed by atoms with van der Waals surface area (Å²) in [7, 11) is 5.74. The van der Waals surface area contributed by atoms with Gasteiger partial charge in [-0.1, -0.05) is 28.0 Å². The zero-order chi connectivity index (χ0) is 18.4. The average molecular weight is 390 g/mol. The number of aryl methyl sites for hydroxylation is 1. The van der Waals surface area contributed by atoms with Crippen LogP contribution in [0.15, 0.2) is 36.7 Å². The van der Waals surface area contributed by atoms with Crippen LogP contribution >= 0.6 is 21.6 Å². The summed E-state index contributed by atoms with van der Waals surface area (Å²) in [5, 5.41) is 3.67. The van der Waals surface area contributed by atoms with Gasteiger partial charge in [0.25, 0.3) is 0 Å². The molecule has 0 radical (unpaired) electrons. The van der Waals surface area contributed by atoms with Gasteiger partial charge in [-0.2, -0.15) is 0 Å². The Labute approximate surface area is 161 Å². The molecule has 3 rings (SSSR count). The highest BCUT2D eigenvalue weighted by Gasteiger charge is 2.16. The number of carbonyl (C=O) groups is 2. The van der Waals surface area contributed by atoms with Crippen LogP contribution in [0.5, 0.6) is 0 Å². The first kappa shape index (κ1) is 19.0. The van der Waals surface area contributed by atoms with Crippen LogP contribution in [0.2, 0.25) is 0 Å². The summed E-state index contributed by atoms with van der Waals surface area (Å²) < 4.78 is 1.70. The molecule has 1 amide bonds. The Morgan fingerprint density at radius 3 is 2.73 bits per heavy atom. The highest BCUT2D eigenvalue weighted by atomic mass is 33.1. The van der Waals surface area contributed by atoms with Gasteiger partial charge >= 0.3 is 0 Å². The molecule has 1 aromatic carbocycles. The number of ketones is 1. The number of aromatic nitrogens is 2. The maximum Gasteiger partial charge on any atom is 0.228 e. The number of imidazole rings is 1. The highest BCUT2D eigenvalue weighted by molar-refractivity contribution is 8.77. The van der Waals surface area contributed by atoms with Crippen molar-refractivity contribution < 1.29 is 9.59 Å². The van der Waals surface area contributed by atoms with E-state index in [1.165, 1.54) is 18.6 Å². The van der Waals surface area contributed by atoms with E-state index in [-0.39, 0.29) is 11.7 Å². The van der Waals surface area contributed by atoms with Crippen LogP contribution in [0.3, 0.4) is 0 Å². The molecule has 2 aromatic rings. The first-order valence-electron chi connectivity index (χ1n) is 8.83. The van der Waals surface area contributed by atoms with E-state index < -0.39 is 0 Å². The fourth-order valence-corrected chi connectivity index (χ4v) is 5.89. The smallest absolute Gasteiger partial charge is 0.228 e. The van der Waals surface area contributed by atoms with E-state index in [1.54, 1.807) is 48.3 Å². The van der Waals surface area contributed by atoms with Gasteiger partial charge in [0.2, 0.25) is 11.7 Å². The molecule has 0 unspecified atom stereocenters. The SMILES string of the molecule is Cn1ccnc1C(=O)c1ccc(NC(=O)CCCC[C@@H]2CCSS2)cc1. The average Bonchev–Trinajstić information content (AvgIpc) is 3.30. The van der Waals surface area contributed by atoms with E-state index in [9.17, 15) is 9.59 Å². The summed E-state index contributed by atoms with van der Waals surface area (Å²) in [4.78, 5) is 28.5. The van der Waals surface area contributed by atoms with Gasteiger partial charge in [0.15, 0.2) is 5.82 Å². The Morgan fingerprint density at radius 1 is 1.27 bits per heavy atom. The molecule has 1 atom stereocenters. The first-order valence-corrected chi connectivity index (χ1v) is 11.2. The molecule has 0 saturated carbocycles. The molecule has 2 heterocycles. The standard InChI is InChI=1S/C19H23N3O2S2/c1-22-12-11-20-19(22)18(24)14-6-8-15(9-7-14)21-17(23)5-3-2-4-16-10-13-25-26-16/h6-9,11-12,16H,2-5,10,13H2,1H3,(H,21,23)/t16-/m1/s1. The molecule has 1 N–H and O–H groups in total. The fourth-order valence-electron chi connectivity index (χ4n) is 2.86. The molecule has 1 aromatic heterocycles. The second-order valence-electron chi connectivity index (χ2n) is 6.39.